The van der Waals surface area contributed by atoms with Crippen LogP contribution in [0.25, 0.3) is 0 Å². The van der Waals surface area contributed by atoms with Crippen LogP contribution >= 0.6 is 0 Å². The Morgan fingerprint density at radius 1 is 1.07 bits per heavy atom. The first-order valence-corrected chi connectivity index (χ1v) is 11.4. The van der Waals surface area contributed by atoms with E-state index in [1.54, 1.807) is 12.2 Å². The topological polar surface area (TPSA) is 127 Å². The van der Waals surface area contributed by atoms with E-state index in [1.165, 1.54) is 6.08 Å². The molecule has 0 saturated heterocycles. The van der Waals surface area contributed by atoms with Crippen molar-refractivity contribution in [1.29, 1.82) is 0 Å². The highest BCUT2D eigenvalue weighted by molar-refractivity contribution is 7.91. The number of anilines is 1. The van der Waals surface area contributed by atoms with Crippen LogP contribution < -0.4 is 10.5 Å². The molecule has 0 spiro atoms. The van der Waals surface area contributed by atoms with Gasteiger partial charge in [-0.3, -0.25) is 0 Å². The summed E-state index contributed by atoms with van der Waals surface area (Å²) >= 11 is 0. The summed E-state index contributed by atoms with van der Waals surface area (Å²) in [6.07, 6.45) is 8.39. The van der Waals surface area contributed by atoms with Crippen LogP contribution in [-0.2, 0) is 19.9 Å². The van der Waals surface area contributed by atoms with E-state index < -0.39 is 71.2 Å². The number of aliphatic hydroxyl groups is 1. The van der Waals surface area contributed by atoms with E-state index in [1.807, 2.05) is 6.08 Å². The maximum Gasteiger partial charge on any atom is 0.244 e. The van der Waals surface area contributed by atoms with Crippen molar-refractivity contribution in [2.75, 3.05) is 17.7 Å². The predicted octanol–water partition coefficient (Wildman–Crippen LogP) is 1.59. The third kappa shape index (κ3) is 4.74. The van der Waals surface area contributed by atoms with Gasteiger partial charge >= 0.3 is 0 Å². The summed E-state index contributed by atoms with van der Waals surface area (Å²) in [5.41, 5.74) is -1.05. The minimum absolute atomic E-state index is 0.378. The van der Waals surface area contributed by atoms with Crippen LogP contribution in [0.4, 0.5) is 18.9 Å². The summed E-state index contributed by atoms with van der Waals surface area (Å²) in [6, 6.07) is -0.694. The first kappa shape index (κ1) is 22.4. The number of sulfonamides is 1. The van der Waals surface area contributed by atoms with E-state index in [0.717, 1.165) is 0 Å². The van der Waals surface area contributed by atoms with Gasteiger partial charge in [0.2, 0.25) is 10.0 Å². The fourth-order valence-electron chi connectivity index (χ4n) is 2.74. The van der Waals surface area contributed by atoms with Gasteiger partial charge in [-0.25, -0.2) is 35.1 Å². The molecule has 0 saturated carbocycles. The van der Waals surface area contributed by atoms with Crippen LogP contribution in [0.5, 0.6) is 0 Å². The molecule has 1 aliphatic rings. The molecular weight excluding hydrogens is 421 g/mol. The molecular formula is C16H19F3N2O5S2. The van der Waals surface area contributed by atoms with Crippen LogP contribution in [0.2, 0.25) is 0 Å². The highest BCUT2D eigenvalue weighted by atomic mass is 32.2. The molecule has 0 aliphatic heterocycles. The lowest BCUT2D eigenvalue weighted by atomic mass is 10.1. The number of nitrogens with one attached hydrogen (secondary N) is 1. The van der Waals surface area contributed by atoms with Crippen LogP contribution in [0.1, 0.15) is 19.3 Å². The summed E-state index contributed by atoms with van der Waals surface area (Å²) in [6.45, 7) is -0.935. The molecule has 4 N–H and O–H groups in total. The van der Waals surface area contributed by atoms with E-state index >= 15 is 0 Å². The van der Waals surface area contributed by atoms with Crippen molar-refractivity contribution in [1.82, 2.24) is 0 Å². The highest BCUT2D eigenvalue weighted by Crippen LogP contribution is 2.36. The number of benzene rings is 1. The fraction of sp³-hybridized carbons (Fsp3) is 0.375. The lowest BCUT2D eigenvalue weighted by Crippen LogP contribution is -2.26. The molecule has 1 atom stereocenters. The van der Waals surface area contributed by atoms with Crippen LogP contribution in [0, 0.1) is 17.5 Å². The van der Waals surface area contributed by atoms with Crippen molar-refractivity contribution >= 4 is 25.5 Å². The van der Waals surface area contributed by atoms with Crippen molar-refractivity contribution < 1.29 is 35.1 Å². The molecule has 12 heteroatoms. The second-order valence-electron chi connectivity index (χ2n) is 6.06. The molecule has 1 aromatic carbocycles. The normalized spacial score (nSPS) is 20.2. The van der Waals surface area contributed by atoms with E-state index in [2.05, 4.69) is 5.32 Å². The van der Waals surface area contributed by atoms with Crippen LogP contribution in [-0.4, -0.2) is 40.3 Å². The lowest BCUT2D eigenvalue weighted by Gasteiger charge is -2.22. The smallest absolute Gasteiger partial charge is 0.244 e. The van der Waals surface area contributed by atoms with Crippen molar-refractivity contribution in [2.45, 2.75) is 35.1 Å². The zero-order chi connectivity index (χ0) is 21.1. The van der Waals surface area contributed by atoms with E-state index in [4.69, 9.17) is 10.2 Å². The van der Waals surface area contributed by atoms with Crippen LogP contribution in [0.15, 0.2) is 34.1 Å². The molecule has 0 aromatic heterocycles. The van der Waals surface area contributed by atoms with Gasteiger partial charge in [0.05, 0.1) is 18.0 Å². The molecule has 1 aromatic rings. The number of rotatable bonds is 6. The molecule has 0 amide bonds. The van der Waals surface area contributed by atoms with Gasteiger partial charge in [-0.05, 0) is 19.3 Å². The Morgan fingerprint density at radius 2 is 1.71 bits per heavy atom. The molecule has 7 nitrogen and oxygen atoms in total. The van der Waals surface area contributed by atoms with Gasteiger partial charge in [-0.2, -0.15) is 0 Å². The molecule has 0 heterocycles. The molecule has 0 fully saturated rings. The summed E-state index contributed by atoms with van der Waals surface area (Å²) < 4.78 is 91.4. The van der Waals surface area contributed by atoms with Crippen molar-refractivity contribution in [3.8, 4) is 0 Å². The quantitative estimate of drug-likeness (QED) is 0.577. The molecule has 28 heavy (non-hydrogen) atoms. The highest BCUT2D eigenvalue weighted by Gasteiger charge is 2.36. The van der Waals surface area contributed by atoms with Crippen molar-refractivity contribution in [3.63, 3.8) is 0 Å². The number of hydrogen-bond donors (Lipinski definition) is 3. The Labute approximate surface area is 160 Å². The number of halogens is 3. The second kappa shape index (κ2) is 8.64. The third-order valence-electron chi connectivity index (χ3n) is 4.00. The SMILES string of the molecule is NS(=O)(=O)c1c(F)c(F)c(S(=O)(=O)CCO)c(N[C@H]2/C=C\C=C/CCC2)c1F. The number of aliphatic hydroxyl groups excluding tert-OH is 1. The summed E-state index contributed by atoms with van der Waals surface area (Å²) in [5, 5.41) is 16.1. The van der Waals surface area contributed by atoms with Crippen molar-refractivity contribution in [2.24, 2.45) is 5.14 Å². The second-order valence-corrected chi connectivity index (χ2v) is 9.60. The molecule has 1 aliphatic carbocycles. The first-order valence-electron chi connectivity index (χ1n) is 8.17. The van der Waals surface area contributed by atoms with Crippen molar-refractivity contribution in [3.05, 3.63) is 41.8 Å². The summed E-state index contributed by atoms with van der Waals surface area (Å²) in [5.74, 6) is -7.19. The Morgan fingerprint density at radius 3 is 2.32 bits per heavy atom. The van der Waals surface area contributed by atoms with Crippen LogP contribution in [0.3, 0.4) is 0 Å². The first-order chi connectivity index (χ1) is 13.0. The summed E-state index contributed by atoms with van der Waals surface area (Å²) in [7, 11) is -9.73. The number of hydrogen-bond acceptors (Lipinski definition) is 6. The Kier molecular flexibility index (Phi) is 6.91. The Hall–Kier alpha value is -1.89. The average Bonchev–Trinajstić information content (AvgIpc) is 2.53. The minimum atomic E-state index is -5.04. The zero-order valence-electron chi connectivity index (χ0n) is 14.5. The number of sulfone groups is 1. The molecule has 156 valence electrons. The van der Waals surface area contributed by atoms with Gasteiger partial charge in [0, 0.05) is 6.04 Å². The molecule has 2 rings (SSSR count). The number of allylic oxidation sites excluding steroid dienone is 3. The molecule has 0 unspecified atom stereocenters. The monoisotopic (exact) mass is 440 g/mol. The number of nitrogens with two attached hydrogens (primary N) is 1. The van der Waals surface area contributed by atoms with Gasteiger partial charge in [-0.1, -0.05) is 24.3 Å². The van der Waals surface area contributed by atoms with E-state index in [9.17, 15) is 30.0 Å². The van der Waals surface area contributed by atoms with Gasteiger partial charge in [0.15, 0.2) is 32.2 Å². The van der Waals surface area contributed by atoms with E-state index in [0.29, 0.717) is 19.3 Å². The maximum absolute atomic E-state index is 14.9. The van der Waals surface area contributed by atoms with Gasteiger partial charge in [-0.15, -0.1) is 0 Å². The Balaban J connectivity index is 2.77. The zero-order valence-corrected chi connectivity index (χ0v) is 16.2. The summed E-state index contributed by atoms with van der Waals surface area (Å²) in [4.78, 5) is -3.17. The maximum atomic E-state index is 14.9. The molecule has 0 bridgehead atoms. The molecule has 0 radical (unpaired) electrons. The fourth-order valence-corrected chi connectivity index (χ4v) is 4.70. The lowest BCUT2D eigenvalue weighted by molar-refractivity contribution is 0.319. The number of primary sulfonamides is 1. The van der Waals surface area contributed by atoms with Gasteiger partial charge in [0.1, 0.15) is 4.90 Å². The average molecular weight is 440 g/mol. The van der Waals surface area contributed by atoms with E-state index in [-0.39, 0.29) is 0 Å². The third-order valence-corrected chi connectivity index (χ3v) is 6.65. The predicted molar refractivity (Wildman–Crippen MR) is 96.4 cm³/mol. The Bertz CT molecular complexity index is 1020. The van der Waals surface area contributed by atoms with Gasteiger partial charge in [0.25, 0.3) is 0 Å². The standard InChI is InChI=1S/C16H19F3N2O5S2/c17-11-12(18)16(27(23,24)9-8-22)14(13(19)15(11)28(20,25)26)21-10-6-4-2-1-3-5-7-10/h1-2,4,6,10,21-22H,3,5,7-9H2,(H2,20,25,26)/b2-1-,6-4-/t10-/m0/s1. The van der Waals surface area contributed by atoms with Gasteiger partial charge < -0.3 is 10.4 Å². The largest absolute Gasteiger partial charge is 0.395 e. The minimum Gasteiger partial charge on any atom is -0.395 e.